The Hall–Kier alpha value is -3.65. The lowest BCUT2D eigenvalue weighted by molar-refractivity contribution is 0.000374. The van der Waals surface area contributed by atoms with Gasteiger partial charge in [-0.2, -0.15) is 10.4 Å². The molecule has 2 fully saturated rings. The summed E-state index contributed by atoms with van der Waals surface area (Å²) in [4.78, 5) is 25.6. The molecule has 0 spiro atoms. The molecule has 1 aromatic heterocycles. The minimum Gasteiger partial charge on any atom is -0.465 e. The highest BCUT2D eigenvalue weighted by Gasteiger charge is 2.40. The van der Waals surface area contributed by atoms with E-state index in [9.17, 15) is 24.3 Å². The first-order chi connectivity index (χ1) is 16.9. The zero-order valence-electron chi connectivity index (χ0n) is 19.3. The van der Waals surface area contributed by atoms with Crippen LogP contribution in [-0.2, 0) is 4.74 Å². The van der Waals surface area contributed by atoms with E-state index in [1.807, 2.05) is 0 Å². The lowest BCUT2D eigenvalue weighted by atomic mass is 9.77. The van der Waals surface area contributed by atoms with Crippen LogP contribution in [0.3, 0.4) is 0 Å². The Balaban J connectivity index is 1.61. The largest absolute Gasteiger partial charge is 0.465 e. The van der Waals surface area contributed by atoms with Crippen molar-refractivity contribution < 1.29 is 23.8 Å². The number of rotatable bonds is 7. The number of anilines is 2. The standard InChI is InChI=1S/C24H29FN6O4/c25-17-1-3-18(4-2-17)28-23-19(22(27)32)14-31(29-23)20(5-9-26)16-6-10-30(24(33)34)21(13-16)15-7-11-35-12-8-15/h1-4,14-16,20-21H,5-8,10-13H2,(H2,27,32)(H,28,29)(H,33,34)/t16?,20-,21?/m0/s1. The number of nitrogens with zero attached hydrogens (tertiary/aromatic N) is 4. The number of likely N-dealkylation sites (tertiary alicyclic amines) is 1. The summed E-state index contributed by atoms with van der Waals surface area (Å²) in [6.45, 7) is 1.59. The minimum atomic E-state index is -0.933. The molecule has 2 unspecified atom stereocenters. The van der Waals surface area contributed by atoms with E-state index in [0.29, 0.717) is 38.3 Å². The van der Waals surface area contributed by atoms with Crippen molar-refractivity contribution in [3.8, 4) is 6.07 Å². The van der Waals surface area contributed by atoms with Crippen LogP contribution in [-0.4, -0.2) is 57.6 Å². The highest BCUT2D eigenvalue weighted by atomic mass is 19.1. The van der Waals surface area contributed by atoms with Crippen molar-refractivity contribution in [2.24, 2.45) is 17.6 Å². The van der Waals surface area contributed by atoms with Gasteiger partial charge >= 0.3 is 6.09 Å². The number of hydrogen-bond donors (Lipinski definition) is 3. The Morgan fingerprint density at radius 2 is 2.00 bits per heavy atom. The predicted octanol–water partition coefficient (Wildman–Crippen LogP) is 3.50. The number of amides is 2. The van der Waals surface area contributed by atoms with E-state index < -0.39 is 17.8 Å². The third kappa shape index (κ3) is 5.54. The molecule has 35 heavy (non-hydrogen) atoms. The van der Waals surface area contributed by atoms with Crippen molar-refractivity contribution in [2.75, 3.05) is 25.1 Å². The molecule has 10 nitrogen and oxygen atoms in total. The van der Waals surface area contributed by atoms with Gasteiger partial charge in [-0.05, 0) is 61.8 Å². The van der Waals surface area contributed by atoms with Gasteiger partial charge < -0.3 is 25.8 Å². The second-order valence-electron chi connectivity index (χ2n) is 9.07. The van der Waals surface area contributed by atoms with Crippen LogP contribution in [0.1, 0.15) is 48.5 Å². The molecule has 0 bridgehead atoms. The molecular weight excluding hydrogens is 455 g/mol. The Morgan fingerprint density at radius 1 is 1.29 bits per heavy atom. The monoisotopic (exact) mass is 484 g/mol. The number of carbonyl (C=O) groups excluding carboxylic acids is 1. The maximum Gasteiger partial charge on any atom is 0.407 e. The number of piperidine rings is 1. The Kier molecular flexibility index (Phi) is 7.51. The van der Waals surface area contributed by atoms with Crippen LogP contribution in [0.15, 0.2) is 30.5 Å². The number of primary amides is 1. The molecule has 2 saturated heterocycles. The quantitative estimate of drug-likeness (QED) is 0.545. The van der Waals surface area contributed by atoms with Gasteiger partial charge in [0.05, 0.1) is 18.5 Å². The minimum absolute atomic E-state index is 0.0163. The van der Waals surface area contributed by atoms with Crippen LogP contribution in [0.25, 0.3) is 0 Å². The number of carboxylic acid groups (broad SMARTS) is 1. The molecule has 0 aliphatic carbocycles. The maximum absolute atomic E-state index is 13.3. The van der Waals surface area contributed by atoms with Crippen molar-refractivity contribution in [1.82, 2.24) is 14.7 Å². The van der Waals surface area contributed by atoms with E-state index in [0.717, 1.165) is 12.8 Å². The average molecular weight is 485 g/mol. The van der Waals surface area contributed by atoms with E-state index in [1.165, 1.54) is 35.4 Å². The summed E-state index contributed by atoms with van der Waals surface area (Å²) in [6, 6.07) is 7.30. The summed E-state index contributed by atoms with van der Waals surface area (Å²) >= 11 is 0. The van der Waals surface area contributed by atoms with Crippen molar-refractivity contribution in [2.45, 2.75) is 44.2 Å². The van der Waals surface area contributed by atoms with Crippen molar-refractivity contribution >= 4 is 23.5 Å². The van der Waals surface area contributed by atoms with Crippen LogP contribution < -0.4 is 11.1 Å². The molecule has 0 radical (unpaired) electrons. The summed E-state index contributed by atoms with van der Waals surface area (Å²) in [7, 11) is 0. The van der Waals surface area contributed by atoms with Gasteiger partial charge in [0.2, 0.25) is 0 Å². The van der Waals surface area contributed by atoms with E-state index in [-0.39, 0.29) is 41.7 Å². The number of aromatic nitrogens is 2. The molecule has 3 heterocycles. The number of carbonyl (C=O) groups is 2. The highest BCUT2D eigenvalue weighted by Crippen LogP contribution is 2.39. The fourth-order valence-corrected chi connectivity index (χ4v) is 5.23. The van der Waals surface area contributed by atoms with E-state index in [1.54, 1.807) is 4.68 Å². The van der Waals surface area contributed by atoms with Gasteiger partial charge in [0, 0.05) is 37.7 Å². The number of ether oxygens (including phenoxy) is 1. The Morgan fingerprint density at radius 3 is 2.63 bits per heavy atom. The predicted molar refractivity (Wildman–Crippen MR) is 124 cm³/mol. The highest BCUT2D eigenvalue weighted by molar-refractivity contribution is 5.98. The third-order valence-electron chi connectivity index (χ3n) is 7.03. The van der Waals surface area contributed by atoms with Crippen LogP contribution in [0, 0.1) is 29.0 Å². The van der Waals surface area contributed by atoms with Crippen molar-refractivity contribution in [1.29, 1.82) is 5.26 Å². The Labute approximate surface area is 202 Å². The van der Waals surface area contributed by atoms with Crippen LogP contribution >= 0.6 is 0 Å². The number of nitriles is 1. The second-order valence-corrected chi connectivity index (χ2v) is 9.07. The first-order valence-electron chi connectivity index (χ1n) is 11.7. The lowest BCUT2D eigenvalue weighted by Gasteiger charge is -2.44. The molecule has 4 N–H and O–H groups in total. The zero-order chi connectivity index (χ0) is 24.9. The van der Waals surface area contributed by atoms with Gasteiger partial charge in [-0.25, -0.2) is 9.18 Å². The van der Waals surface area contributed by atoms with Gasteiger partial charge in [-0.3, -0.25) is 9.48 Å². The molecule has 1 aromatic carbocycles. The normalized spacial score (nSPS) is 21.8. The van der Waals surface area contributed by atoms with E-state index in [2.05, 4.69) is 16.5 Å². The molecule has 2 aromatic rings. The maximum atomic E-state index is 13.3. The first kappa shape index (κ1) is 24.5. The van der Waals surface area contributed by atoms with Gasteiger partial charge in [0.15, 0.2) is 5.82 Å². The molecule has 2 aliphatic heterocycles. The number of nitrogens with two attached hydrogens (primary N) is 1. The molecule has 0 saturated carbocycles. The first-order valence-corrected chi connectivity index (χ1v) is 11.7. The smallest absolute Gasteiger partial charge is 0.407 e. The zero-order valence-corrected chi connectivity index (χ0v) is 19.3. The van der Waals surface area contributed by atoms with Crippen molar-refractivity contribution in [3.05, 3.63) is 41.8 Å². The van der Waals surface area contributed by atoms with E-state index in [4.69, 9.17) is 10.5 Å². The van der Waals surface area contributed by atoms with Gasteiger partial charge in [-0.1, -0.05) is 0 Å². The lowest BCUT2D eigenvalue weighted by Crippen LogP contribution is -2.51. The van der Waals surface area contributed by atoms with Gasteiger partial charge in [0.25, 0.3) is 5.91 Å². The van der Waals surface area contributed by atoms with Crippen LogP contribution in [0.2, 0.25) is 0 Å². The summed E-state index contributed by atoms with van der Waals surface area (Å²) in [5, 5.41) is 26.9. The van der Waals surface area contributed by atoms with Gasteiger partial charge in [-0.15, -0.1) is 0 Å². The van der Waals surface area contributed by atoms with Crippen LogP contribution in [0.5, 0.6) is 0 Å². The average Bonchev–Trinajstić information content (AvgIpc) is 3.28. The molecular formula is C24H29FN6O4. The topological polar surface area (TPSA) is 146 Å². The Bertz CT molecular complexity index is 1090. The summed E-state index contributed by atoms with van der Waals surface area (Å²) < 4.78 is 20.3. The fourth-order valence-electron chi connectivity index (χ4n) is 5.23. The number of nitrogens with one attached hydrogen (secondary N) is 1. The van der Waals surface area contributed by atoms with Crippen LogP contribution in [0.4, 0.5) is 20.7 Å². The summed E-state index contributed by atoms with van der Waals surface area (Å²) in [5.74, 6) is -0.678. The molecule has 2 amide bonds. The SMILES string of the molecule is N#CC[C@@H](C1CCN(C(=O)O)C(C2CCOCC2)C1)n1cc(C(N)=O)c(Nc2ccc(F)cc2)n1. The number of hydrogen-bond acceptors (Lipinski definition) is 6. The number of benzene rings is 1. The molecule has 3 atom stereocenters. The molecule has 186 valence electrons. The van der Waals surface area contributed by atoms with Gasteiger partial charge in [0.1, 0.15) is 11.4 Å². The summed E-state index contributed by atoms with van der Waals surface area (Å²) in [6.07, 6.45) is 3.50. The fraction of sp³-hybridized carbons (Fsp3) is 0.500. The third-order valence-corrected chi connectivity index (χ3v) is 7.03. The molecule has 11 heteroatoms. The van der Waals surface area contributed by atoms with E-state index >= 15 is 0 Å². The summed E-state index contributed by atoms with van der Waals surface area (Å²) in [5.41, 5.74) is 6.27. The molecule has 4 rings (SSSR count). The number of halogens is 1. The van der Waals surface area contributed by atoms with Crippen molar-refractivity contribution in [3.63, 3.8) is 0 Å². The molecule has 2 aliphatic rings. The second kappa shape index (κ2) is 10.7.